The molecule has 3 aromatic rings. The first kappa shape index (κ1) is 20.5. The van der Waals surface area contributed by atoms with Crippen LogP contribution in [-0.2, 0) is 4.74 Å². The van der Waals surface area contributed by atoms with Crippen LogP contribution in [0.1, 0.15) is 54.9 Å². The van der Waals surface area contributed by atoms with Gasteiger partial charge in [-0.25, -0.2) is 9.78 Å². The lowest BCUT2D eigenvalue weighted by atomic mass is 10.0. The Balaban J connectivity index is 1.87. The maximum Gasteiger partial charge on any atom is 0.338 e. The summed E-state index contributed by atoms with van der Waals surface area (Å²) >= 11 is 3.46. The highest BCUT2D eigenvalue weighted by molar-refractivity contribution is 9.10. The summed E-state index contributed by atoms with van der Waals surface area (Å²) in [6, 6.07) is 15.8. The maximum absolute atomic E-state index is 12.8. The van der Waals surface area contributed by atoms with E-state index in [1.807, 2.05) is 55.5 Å². The largest absolute Gasteiger partial charge is 0.462 e. The van der Waals surface area contributed by atoms with E-state index < -0.39 is 0 Å². The molecule has 28 heavy (non-hydrogen) atoms. The molecule has 146 valence electrons. The van der Waals surface area contributed by atoms with Gasteiger partial charge in [-0.1, -0.05) is 72.3 Å². The Labute approximate surface area is 175 Å². The molecule has 0 aliphatic heterocycles. The molecule has 0 amide bonds. The Hall–Kier alpha value is -2.20. The van der Waals surface area contributed by atoms with Crippen molar-refractivity contribution in [2.75, 3.05) is 6.61 Å². The number of rotatable bonds is 8. The van der Waals surface area contributed by atoms with Crippen molar-refractivity contribution < 1.29 is 9.53 Å². The second kappa shape index (κ2) is 9.83. The Bertz CT molecular complexity index is 951. The number of hydrogen-bond acceptors (Lipinski definition) is 3. The Kier molecular flexibility index (Phi) is 7.21. The van der Waals surface area contributed by atoms with Crippen molar-refractivity contribution in [2.24, 2.45) is 0 Å². The first-order chi connectivity index (χ1) is 13.6. The lowest BCUT2D eigenvalue weighted by Crippen LogP contribution is -2.08. The SMILES string of the molecule is CCCCCCCOC(=O)c1cc(-c2ccc(Br)cc2)nc2ccc(C)cc12. The summed E-state index contributed by atoms with van der Waals surface area (Å²) in [6.45, 7) is 4.68. The fourth-order valence-electron chi connectivity index (χ4n) is 3.23. The van der Waals surface area contributed by atoms with Gasteiger partial charge in [0.25, 0.3) is 0 Å². The lowest BCUT2D eigenvalue weighted by molar-refractivity contribution is 0.0500. The van der Waals surface area contributed by atoms with Crippen molar-refractivity contribution in [3.8, 4) is 11.3 Å². The van der Waals surface area contributed by atoms with Crippen LogP contribution < -0.4 is 0 Å². The zero-order chi connectivity index (χ0) is 19.9. The summed E-state index contributed by atoms with van der Waals surface area (Å²) < 4.78 is 6.60. The van der Waals surface area contributed by atoms with Crippen LogP contribution in [0.25, 0.3) is 22.2 Å². The second-order valence-electron chi connectivity index (χ2n) is 7.13. The van der Waals surface area contributed by atoms with E-state index in [0.29, 0.717) is 12.2 Å². The number of carbonyl (C=O) groups is 1. The van der Waals surface area contributed by atoms with Crippen molar-refractivity contribution in [1.82, 2.24) is 4.98 Å². The quantitative estimate of drug-likeness (QED) is 0.277. The van der Waals surface area contributed by atoms with Crippen molar-refractivity contribution in [2.45, 2.75) is 46.0 Å². The average Bonchev–Trinajstić information content (AvgIpc) is 2.70. The molecule has 0 atom stereocenters. The number of hydrogen-bond donors (Lipinski definition) is 0. The van der Waals surface area contributed by atoms with Crippen LogP contribution >= 0.6 is 15.9 Å². The number of nitrogens with zero attached hydrogens (tertiary/aromatic N) is 1. The van der Waals surface area contributed by atoms with Gasteiger partial charge in [0.2, 0.25) is 0 Å². The molecule has 1 heterocycles. The fourth-order valence-corrected chi connectivity index (χ4v) is 3.49. The molecule has 0 aliphatic rings. The third-order valence-electron chi connectivity index (χ3n) is 4.81. The van der Waals surface area contributed by atoms with Gasteiger partial charge >= 0.3 is 5.97 Å². The normalized spacial score (nSPS) is 11.0. The first-order valence-electron chi connectivity index (χ1n) is 9.93. The molecule has 0 spiro atoms. The van der Waals surface area contributed by atoms with E-state index in [-0.39, 0.29) is 5.97 Å². The van der Waals surface area contributed by atoms with Crippen LogP contribution in [0.5, 0.6) is 0 Å². The summed E-state index contributed by atoms with van der Waals surface area (Å²) in [5, 5.41) is 0.844. The Morgan fingerprint density at radius 2 is 1.75 bits per heavy atom. The van der Waals surface area contributed by atoms with E-state index in [1.165, 1.54) is 19.3 Å². The number of ether oxygens (including phenoxy) is 1. The van der Waals surface area contributed by atoms with Gasteiger partial charge in [-0.3, -0.25) is 0 Å². The molecule has 4 heteroatoms. The molecule has 3 nitrogen and oxygen atoms in total. The molecule has 2 aromatic carbocycles. The van der Waals surface area contributed by atoms with E-state index in [4.69, 9.17) is 9.72 Å². The molecule has 1 aromatic heterocycles. The van der Waals surface area contributed by atoms with Gasteiger partial charge in [-0.2, -0.15) is 0 Å². The smallest absolute Gasteiger partial charge is 0.338 e. The van der Waals surface area contributed by atoms with E-state index in [2.05, 4.69) is 22.9 Å². The average molecular weight is 440 g/mol. The van der Waals surface area contributed by atoms with Gasteiger partial charge in [0, 0.05) is 15.4 Å². The van der Waals surface area contributed by atoms with Crippen LogP contribution in [0, 0.1) is 6.92 Å². The fraction of sp³-hybridized carbons (Fsp3) is 0.333. The van der Waals surface area contributed by atoms with Gasteiger partial charge in [0.15, 0.2) is 0 Å². The number of aryl methyl sites for hydroxylation is 1. The minimum Gasteiger partial charge on any atom is -0.462 e. The molecule has 0 saturated carbocycles. The zero-order valence-electron chi connectivity index (χ0n) is 16.5. The molecule has 0 aliphatic carbocycles. The van der Waals surface area contributed by atoms with Crippen molar-refractivity contribution in [1.29, 1.82) is 0 Å². The summed E-state index contributed by atoms with van der Waals surface area (Å²) in [6.07, 6.45) is 5.65. The number of fused-ring (bicyclic) bond motifs is 1. The number of aromatic nitrogens is 1. The van der Waals surface area contributed by atoms with Gasteiger partial charge in [0.1, 0.15) is 0 Å². The maximum atomic E-state index is 12.8. The molecule has 0 N–H and O–H groups in total. The van der Waals surface area contributed by atoms with Gasteiger partial charge < -0.3 is 4.74 Å². The first-order valence-corrected chi connectivity index (χ1v) is 10.7. The number of esters is 1. The minimum absolute atomic E-state index is 0.271. The molecule has 0 bridgehead atoms. The highest BCUT2D eigenvalue weighted by Crippen LogP contribution is 2.27. The van der Waals surface area contributed by atoms with Gasteiger partial charge in [-0.05, 0) is 43.7 Å². The van der Waals surface area contributed by atoms with Crippen LogP contribution in [0.4, 0.5) is 0 Å². The molecule has 0 unspecified atom stereocenters. The number of carbonyl (C=O) groups excluding carboxylic acids is 1. The summed E-state index contributed by atoms with van der Waals surface area (Å²) in [5.74, 6) is -0.271. The van der Waals surface area contributed by atoms with Crippen molar-refractivity contribution in [3.05, 3.63) is 64.1 Å². The summed E-state index contributed by atoms with van der Waals surface area (Å²) in [7, 11) is 0. The standard InChI is InChI=1S/C24H26BrNO2/c1-3-4-5-6-7-14-28-24(27)21-16-23(18-9-11-19(25)12-10-18)26-22-13-8-17(2)15-20(21)22/h8-13,15-16H,3-7,14H2,1-2H3. The van der Waals surface area contributed by atoms with Crippen molar-refractivity contribution in [3.63, 3.8) is 0 Å². The topological polar surface area (TPSA) is 39.2 Å². The zero-order valence-corrected chi connectivity index (χ0v) is 18.1. The highest BCUT2D eigenvalue weighted by Gasteiger charge is 2.15. The molecule has 0 fully saturated rings. The predicted octanol–water partition coefficient (Wildman–Crippen LogP) is 7.10. The lowest BCUT2D eigenvalue weighted by Gasteiger charge is -2.11. The van der Waals surface area contributed by atoms with Crippen LogP contribution in [0.2, 0.25) is 0 Å². The van der Waals surface area contributed by atoms with Crippen LogP contribution in [0.3, 0.4) is 0 Å². The number of pyridine rings is 1. The third kappa shape index (κ3) is 5.20. The van der Waals surface area contributed by atoms with Gasteiger partial charge in [0.05, 0.1) is 23.4 Å². The Morgan fingerprint density at radius 3 is 2.50 bits per heavy atom. The molecule has 0 radical (unpaired) electrons. The van der Waals surface area contributed by atoms with E-state index in [9.17, 15) is 4.79 Å². The van der Waals surface area contributed by atoms with E-state index in [0.717, 1.165) is 45.0 Å². The van der Waals surface area contributed by atoms with Crippen LogP contribution in [-0.4, -0.2) is 17.6 Å². The predicted molar refractivity (Wildman–Crippen MR) is 119 cm³/mol. The van der Waals surface area contributed by atoms with E-state index in [1.54, 1.807) is 0 Å². The summed E-state index contributed by atoms with van der Waals surface area (Å²) in [5.41, 5.74) is 4.23. The monoisotopic (exact) mass is 439 g/mol. The highest BCUT2D eigenvalue weighted by atomic mass is 79.9. The van der Waals surface area contributed by atoms with E-state index >= 15 is 0 Å². The number of halogens is 1. The molecule has 3 rings (SSSR count). The second-order valence-corrected chi connectivity index (χ2v) is 8.05. The minimum atomic E-state index is -0.271. The van der Waals surface area contributed by atoms with Crippen molar-refractivity contribution >= 4 is 32.8 Å². The third-order valence-corrected chi connectivity index (χ3v) is 5.33. The van der Waals surface area contributed by atoms with Gasteiger partial charge in [-0.15, -0.1) is 0 Å². The summed E-state index contributed by atoms with van der Waals surface area (Å²) in [4.78, 5) is 17.6. The molecular formula is C24H26BrNO2. The number of benzene rings is 2. The Morgan fingerprint density at radius 1 is 1.00 bits per heavy atom. The number of unbranched alkanes of at least 4 members (excludes halogenated alkanes) is 4. The van der Waals surface area contributed by atoms with Crippen LogP contribution in [0.15, 0.2) is 53.0 Å². The molecular weight excluding hydrogens is 414 g/mol. The molecule has 0 saturated heterocycles.